The van der Waals surface area contributed by atoms with E-state index in [0.29, 0.717) is 6.54 Å². The summed E-state index contributed by atoms with van der Waals surface area (Å²) in [5.41, 5.74) is 0.858. The molecule has 0 spiro atoms. The molecule has 144 valence electrons. The lowest BCUT2D eigenvalue weighted by molar-refractivity contribution is -0.123. The third-order valence-electron chi connectivity index (χ3n) is 5.83. The van der Waals surface area contributed by atoms with Crippen LogP contribution in [0.2, 0.25) is 0 Å². The van der Waals surface area contributed by atoms with Gasteiger partial charge >= 0.3 is 0 Å². The average Bonchev–Trinajstić information content (AvgIpc) is 2.61. The van der Waals surface area contributed by atoms with Crippen LogP contribution >= 0.6 is 0 Å². The number of nitrogens with two attached hydrogens (primary N) is 1. The number of carbonyl (C=O) groups excluding carboxylic acids is 1. The fourth-order valence-corrected chi connectivity index (χ4v) is 4.85. The molecule has 1 saturated carbocycles. The van der Waals surface area contributed by atoms with Gasteiger partial charge in [0.05, 0.1) is 17.5 Å². The van der Waals surface area contributed by atoms with Gasteiger partial charge in [-0.1, -0.05) is 31.4 Å². The topological polar surface area (TPSA) is 92.5 Å². The first-order chi connectivity index (χ1) is 12.3. The Morgan fingerprint density at radius 3 is 2.50 bits per heavy atom. The van der Waals surface area contributed by atoms with Gasteiger partial charge in [-0.15, -0.1) is 0 Å². The minimum absolute atomic E-state index is 0.0160. The first-order valence-electron chi connectivity index (χ1n) is 9.47. The number of hydrogen-bond donors (Lipinski definition) is 2. The van der Waals surface area contributed by atoms with E-state index in [0.717, 1.165) is 30.5 Å². The Balaban J connectivity index is 1.51. The summed E-state index contributed by atoms with van der Waals surface area (Å²) in [6, 6.07) is 6.16. The number of piperidine rings is 1. The highest BCUT2D eigenvalue weighted by molar-refractivity contribution is 7.89. The fourth-order valence-electron chi connectivity index (χ4n) is 4.34. The summed E-state index contributed by atoms with van der Waals surface area (Å²) in [6.07, 6.45) is 6.56. The minimum atomic E-state index is -3.69. The van der Waals surface area contributed by atoms with Crippen molar-refractivity contribution in [2.75, 3.05) is 19.6 Å². The Labute approximate surface area is 156 Å². The normalized spacial score (nSPS) is 25.3. The molecule has 1 amide bonds. The number of benzene rings is 1. The summed E-state index contributed by atoms with van der Waals surface area (Å²) in [6.45, 7) is 4.38. The summed E-state index contributed by atoms with van der Waals surface area (Å²) < 4.78 is 22.6. The van der Waals surface area contributed by atoms with Crippen LogP contribution in [-0.4, -0.2) is 38.9 Å². The lowest BCUT2D eigenvalue weighted by Gasteiger charge is -2.41. The van der Waals surface area contributed by atoms with E-state index in [2.05, 4.69) is 10.2 Å². The molecule has 1 aromatic carbocycles. The van der Waals surface area contributed by atoms with Gasteiger partial charge in [0.25, 0.3) is 0 Å². The molecule has 3 atom stereocenters. The number of primary sulfonamides is 1. The van der Waals surface area contributed by atoms with Crippen molar-refractivity contribution in [1.29, 1.82) is 0 Å². The summed E-state index contributed by atoms with van der Waals surface area (Å²) in [5, 5.41) is 8.12. The van der Waals surface area contributed by atoms with Crippen molar-refractivity contribution in [1.82, 2.24) is 10.2 Å². The number of amides is 1. The molecule has 1 aromatic rings. The van der Waals surface area contributed by atoms with Crippen molar-refractivity contribution in [2.24, 2.45) is 17.0 Å². The van der Waals surface area contributed by atoms with E-state index in [1.807, 2.05) is 6.92 Å². The molecular weight excluding hydrogens is 350 g/mol. The molecule has 2 fully saturated rings. The van der Waals surface area contributed by atoms with Crippen molar-refractivity contribution in [3.8, 4) is 0 Å². The smallest absolute Gasteiger partial charge is 0.238 e. The molecule has 3 N–H and O–H groups in total. The van der Waals surface area contributed by atoms with Crippen LogP contribution in [0.3, 0.4) is 0 Å². The van der Waals surface area contributed by atoms with E-state index in [9.17, 15) is 13.2 Å². The van der Waals surface area contributed by atoms with E-state index in [-0.39, 0.29) is 16.8 Å². The van der Waals surface area contributed by atoms with Gasteiger partial charge in [-0.25, -0.2) is 13.6 Å². The zero-order valence-corrected chi connectivity index (χ0v) is 16.2. The largest absolute Gasteiger partial charge is 0.348 e. The van der Waals surface area contributed by atoms with Crippen molar-refractivity contribution in [2.45, 2.75) is 50.0 Å². The molecule has 0 unspecified atom stereocenters. The van der Waals surface area contributed by atoms with Crippen LogP contribution in [0.5, 0.6) is 0 Å². The van der Waals surface area contributed by atoms with Gasteiger partial charge < -0.3 is 5.32 Å². The van der Waals surface area contributed by atoms with Crippen molar-refractivity contribution in [3.63, 3.8) is 0 Å². The second kappa shape index (κ2) is 8.06. The van der Waals surface area contributed by atoms with Crippen LogP contribution in [-0.2, 0) is 14.8 Å². The number of carbonyl (C=O) groups is 1. The predicted molar refractivity (Wildman–Crippen MR) is 101 cm³/mol. The van der Waals surface area contributed by atoms with E-state index >= 15 is 0 Å². The highest BCUT2D eigenvalue weighted by Gasteiger charge is 2.31. The summed E-state index contributed by atoms with van der Waals surface area (Å²) in [5.74, 6) is 1.63. The van der Waals surface area contributed by atoms with Crippen LogP contribution in [0.4, 0.5) is 0 Å². The van der Waals surface area contributed by atoms with Gasteiger partial charge in [0.15, 0.2) is 0 Å². The van der Waals surface area contributed by atoms with Gasteiger partial charge in [0, 0.05) is 6.54 Å². The number of fused-ring (bicyclic) bond motifs is 1. The Bertz CT molecular complexity index is 733. The van der Waals surface area contributed by atoms with Gasteiger partial charge in [0.1, 0.15) is 0 Å². The first kappa shape index (κ1) is 19.3. The summed E-state index contributed by atoms with van der Waals surface area (Å²) in [4.78, 5) is 14.8. The standard InChI is InChI=1S/C19H29N3O3S/c1-14(15-6-8-18(9-7-15)26(20,24)25)21-19(23)13-22-11-10-16-4-2-3-5-17(16)12-22/h6-9,14,16-17H,2-5,10-13H2,1H3,(H,21,23)(H2,20,24,25)/t14-,16-,17+/m0/s1. The molecule has 26 heavy (non-hydrogen) atoms. The van der Waals surface area contributed by atoms with Crippen molar-refractivity contribution >= 4 is 15.9 Å². The number of nitrogens with zero attached hydrogens (tertiary/aromatic N) is 1. The molecular formula is C19H29N3O3S. The number of rotatable bonds is 5. The predicted octanol–water partition coefficient (Wildman–Crippen LogP) is 2.02. The SMILES string of the molecule is C[C@H](NC(=O)CN1CC[C@@H]2CCCC[C@@H]2C1)c1ccc(S(N)(=O)=O)cc1. The van der Waals surface area contributed by atoms with E-state index < -0.39 is 10.0 Å². The van der Waals surface area contributed by atoms with Crippen LogP contribution in [0.15, 0.2) is 29.2 Å². The molecule has 0 aromatic heterocycles. The number of nitrogens with one attached hydrogen (secondary N) is 1. The van der Waals surface area contributed by atoms with Gasteiger partial charge in [-0.2, -0.15) is 0 Å². The molecule has 6 nitrogen and oxygen atoms in total. The molecule has 1 aliphatic heterocycles. The zero-order chi connectivity index (χ0) is 18.7. The van der Waals surface area contributed by atoms with Gasteiger partial charge in [-0.05, 0) is 55.8 Å². The molecule has 1 saturated heterocycles. The molecule has 0 bridgehead atoms. The monoisotopic (exact) mass is 379 g/mol. The summed E-state index contributed by atoms with van der Waals surface area (Å²) >= 11 is 0. The second-order valence-electron chi connectivity index (χ2n) is 7.73. The van der Waals surface area contributed by atoms with Crippen molar-refractivity contribution < 1.29 is 13.2 Å². The van der Waals surface area contributed by atoms with Crippen LogP contribution < -0.4 is 10.5 Å². The lowest BCUT2D eigenvalue weighted by atomic mass is 9.75. The van der Waals surface area contributed by atoms with Gasteiger partial charge in [-0.3, -0.25) is 9.69 Å². The molecule has 1 heterocycles. The zero-order valence-electron chi connectivity index (χ0n) is 15.4. The Hall–Kier alpha value is -1.44. The highest BCUT2D eigenvalue weighted by atomic mass is 32.2. The summed E-state index contributed by atoms with van der Waals surface area (Å²) in [7, 11) is -3.69. The molecule has 3 rings (SSSR count). The quantitative estimate of drug-likeness (QED) is 0.819. The van der Waals surface area contributed by atoms with E-state index in [4.69, 9.17) is 5.14 Å². The van der Waals surface area contributed by atoms with Crippen molar-refractivity contribution in [3.05, 3.63) is 29.8 Å². The number of hydrogen-bond acceptors (Lipinski definition) is 4. The van der Waals surface area contributed by atoms with Gasteiger partial charge in [0.2, 0.25) is 15.9 Å². The lowest BCUT2D eigenvalue weighted by Crippen LogP contribution is -2.46. The second-order valence-corrected chi connectivity index (χ2v) is 9.29. The molecule has 2 aliphatic rings. The third kappa shape index (κ3) is 4.84. The Morgan fingerprint density at radius 2 is 1.85 bits per heavy atom. The third-order valence-corrected chi connectivity index (χ3v) is 6.76. The van der Waals surface area contributed by atoms with Crippen LogP contribution in [0.25, 0.3) is 0 Å². The highest BCUT2D eigenvalue weighted by Crippen LogP contribution is 2.35. The minimum Gasteiger partial charge on any atom is -0.348 e. The average molecular weight is 380 g/mol. The maximum atomic E-state index is 12.4. The van der Waals surface area contributed by atoms with Crippen LogP contribution in [0.1, 0.15) is 50.6 Å². The first-order valence-corrected chi connectivity index (χ1v) is 11.0. The maximum absolute atomic E-state index is 12.4. The molecule has 0 radical (unpaired) electrons. The molecule has 7 heteroatoms. The van der Waals surface area contributed by atoms with E-state index in [1.165, 1.54) is 44.2 Å². The van der Waals surface area contributed by atoms with E-state index in [1.54, 1.807) is 12.1 Å². The maximum Gasteiger partial charge on any atom is 0.238 e. The number of likely N-dealkylation sites (tertiary alicyclic amines) is 1. The Morgan fingerprint density at radius 1 is 1.19 bits per heavy atom. The van der Waals surface area contributed by atoms with Crippen LogP contribution in [0, 0.1) is 11.8 Å². The number of sulfonamides is 1. The fraction of sp³-hybridized carbons (Fsp3) is 0.632. The molecule has 1 aliphatic carbocycles. The Kier molecular flexibility index (Phi) is 5.99.